The van der Waals surface area contributed by atoms with Crippen molar-refractivity contribution in [3.8, 4) is 22.7 Å². The molecule has 0 fully saturated rings. The molecule has 1 atom stereocenters. The maximum atomic E-state index is 12.9. The molecule has 4 aromatic heterocycles. The molecule has 0 saturated heterocycles. The molecule has 9 heteroatoms. The van der Waals surface area contributed by atoms with Crippen molar-refractivity contribution >= 4 is 33.3 Å². The Bertz CT molecular complexity index is 1510. The number of thiophene rings is 1. The van der Waals surface area contributed by atoms with Crippen LogP contribution in [0.4, 0.5) is 0 Å². The minimum atomic E-state index is -0.169. The summed E-state index contributed by atoms with van der Waals surface area (Å²) in [6.07, 6.45) is 1.60. The van der Waals surface area contributed by atoms with Gasteiger partial charge >= 0.3 is 0 Å². The number of rotatable bonds is 5. The van der Waals surface area contributed by atoms with Crippen molar-refractivity contribution in [2.75, 3.05) is 0 Å². The normalized spacial score (nSPS) is 13.0. The third-order valence-corrected chi connectivity index (χ3v) is 7.78. The number of nitrogens with one attached hydrogen (secondary N) is 1. The van der Waals surface area contributed by atoms with Crippen molar-refractivity contribution in [1.82, 2.24) is 24.7 Å². The van der Waals surface area contributed by atoms with Gasteiger partial charge in [0.1, 0.15) is 16.4 Å². The van der Waals surface area contributed by atoms with Gasteiger partial charge in [0, 0.05) is 23.6 Å². The molecule has 1 unspecified atom stereocenters. The fourth-order valence-electron chi connectivity index (χ4n) is 3.77. The molecule has 0 spiro atoms. The van der Waals surface area contributed by atoms with Gasteiger partial charge in [-0.2, -0.15) is 0 Å². The van der Waals surface area contributed by atoms with Crippen LogP contribution in [-0.4, -0.2) is 24.7 Å². The molecule has 34 heavy (non-hydrogen) atoms. The topological polar surface area (TPSA) is 89.6 Å². The molecule has 0 amide bonds. The summed E-state index contributed by atoms with van der Waals surface area (Å²) >= 11 is 2.95. The lowest BCUT2D eigenvalue weighted by molar-refractivity contribution is 0.583. The molecule has 5 rings (SSSR count). The summed E-state index contributed by atoms with van der Waals surface area (Å²) in [5.74, 6) is 2.07. The Morgan fingerprint density at radius 3 is 2.59 bits per heavy atom. The average molecular weight is 492 g/mol. The van der Waals surface area contributed by atoms with Crippen LogP contribution in [0.2, 0.25) is 0 Å². The third kappa shape index (κ3) is 4.10. The third-order valence-electron chi connectivity index (χ3n) is 5.76. The second kappa shape index (κ2) is 8.56. The molecule has 4 heterocycles. The van der Waals surface area contributed by atoms with Crippen LogP contribution in [0.3, 0.4) is 0 Å². The number of furan rings is 1. The number of hydrogen-bond acceptors (Lipinski definition) is 7. The summed E-state index contributed by atoms with van der Waals surface area (Å²) in [4.78, 5) is 21.3. The van der Waals surface area contributed by atoms with Crippen molar-refractivity contribution in [2.45, 2.75) is 43.5 Å². The molecular weight excluding hydrogens is 466 g/mol. The first-order valence-electron chi connectivity index (χ1n) is 10.9. The maximum Gasteiger partial charge on any atom is 0.260 e. The molecule has 0 aliphatic carbocycles. The van der Waals surface area contributed by atoms with E-state index >= 15 is 0 Å². The Hall–Kier alpha value is -3.17. The van der Waals surface area contributed by atoms with Crippen molar-refractivity contribution in [3.63, 3.8) is 0 Å². The van der Waals surface area contributed by atoms with Gasteiger partial charge in [0.05, 0.1) is 16.9 Å². The van der Waals surface area contributed by atoms with Crippen LogP contribution in [0.25, 0.3) is 32.9 Å². The smallest absolute Gasteiger partial charge is 0.260 e. The van der Waals surface area contributed by atoms with E-state index in [0.717, 1.165) is 22.1 Å². The SMILES string of the molecule is CC(Sc1nnc(-c2ccc(C(C)(C)C)cc2)n1C)c1nc2scc(-c3ccco3)c2c(=O)[nH]1. The molecule has 0 bridgehead atoms. The Morgan fingerprint density at radius 1 is 1.15 bits per heavy atom. The molecule has 0 radical (unpaired) electrons. The summed E-state index contributed by atoms with van der Waals surface area (Å²) < 4.78 is 7.45. The Kier molecular flexibility index (Phi) is 5.69. The predicted octanol–water partition coefficient (Wildman–Crippen LogP) is 6.19. The van der Waals surface area contributed by atoms with Crippen LogP contribution in [0.15, 0.2) is 62.4 Å². The molecular formula is C25H25N5O2S2. The lowest BCUT2D eigenvalue weighted by Gasteiger charge is -2.19. The number of fused-ring (bicyclic) bond motifs is 1. The van der Waals surface area contributed by atoms with Crippen molar-refractivity contribution in [2.24, 2.45) is 7.05 Å². The van der Waals surface area contributed by atoms with E-state index in [1.165, 1.54) is 28.7 Å². The standard InChI is InChI=1S/C25H25N5O2S2/c1-14(20-26-22(31)19-17(13-33-23(19)27-20)18-7-6-12-32-18)34-24-29-28-21(30(24)5)15-8-10-16(11-9-15)25(2,3)4/h6-14H,1-5H3,(H,26,27,31). The van der Waals surface area contributed by atoms with Crippen molar-refractivity contribution in [3.05, 3.63) is 69.8 Å². The fraction of sp³-hybridized carbons (Fsp3) is 0.280. The number of hydrogen-bond donors (Lipinski definition) is 1. The van der Waals surface area contributed by atoms with Crippen LogP contribution >= 0.6 is 23.1 Å². The van der Waals surface area contributed by atoms with Crippen molar-refractivity contribution < 1.29 is 4.42 Å². The molecule has 1 aromatic carbocycles. The van der Waals surface area contributed by atoms with Crippen LogP contribution in [0, 0.1) is 0 Å². The van der Waals surface area contributed by atoms with Crippen LogP contribution in [0.1, 0.15) is 44.3 Å². The van der Waals surface area contributed by atoms with Gasteiger partial charge in [0.2, 0.25) is 0 Å². The van der Waals surface area contributed by atoms with E-state index in [9.17, 15) is 4.79 Å². The zero-order valence-corrected chi connectivity index (χ0v) is 21.3. The lowest BCUT2D eigenvalue weighted by Crippen LogP contribution is -2.12. The summed E-state index contributed by atoms with van der Waals surface area (Å²) in [6, 6.07) is 12.1. The number of H-pyrrole nitrogens is 1. The zero-order valence-electron chi connectivity index (χ0n) is 19.6. The minimum absolute atomic E-state index is 0.0984. The van der Waals surface area contributed by atoms with E-state index < -0.39 is 0 Å². The maximum absolute atomic E-state index is 12.9. The highest BCUT2D eigenvalue weighted by molar-refractivity contribution is 7.99. The van der Waals surface area contributed by atoms with Crippen LogP contribution in [-0.2, 0) is 12.5 Å². The molecule has 174 valence electrons. The average Bonchev–Trinajstić information content (AvgIpc) is 3.54. The van der Waals surface area contributed by atoms with Gasteiger partial charge in [-0.1, -0.05) is 56.8 Å². The number of thioether (sulfide) groups is 1. The van der Waals surface area contributed by atoms with Crippen LogP contribution < -0.4 is 5.56 Å². The highest BCUT2D eigenvalue weighted by Gasteiger charge is 2.21. The number of aromatic amines is 1. The van der Waals surface area contributed by atoms with Gasteiger partial charge in [0.25, 0.3) is 5.56 Å². The van der Waals surface area contributed by atoms with Crippen LogP contribution in [0.5, 0.6) is 0 Å². The highest BCUT2D eigenvalue weighted by atomic mass is 32.2. The van der Waals surface area contributed by atoms with E-state index in [1.54, 1.807) is 6.26 Å². The lowest BCUT2D eigenvalue weighted by atomic mass is 9.87. The number of aromatic nitrogens is 5. The quantitative estimate of drug-likeness (QED) is 0.295. The molecule has 0 saturated carbocycles. The van der Waals surface area contributed by atoms with Gasteiger partial charge in [-0.25, -0.2) is 4.98 Å². The molecule has 1 N–H and O–H groups in total. The van der Waals surface area contributed by atoms with Gasteiger partial charge < -0.3 is 14.0 Å². The Labute approximate surface area is 205 Å². The van der Waals surface area contributed by atoms with Gasteiger partial charge in [-0.15, -0.1) is 21.5 Å². The van der Waals surface area contributed by atoms with Gasteiger partial charge in [-0.3, -0.25) is 4.79 Å². The van der Waals surface area contributed by atoms with Gasteiger partial charge in [0.15, 0.2) is 11.0 Å². The summed E-state index contributed by atoms with van der Waals surface area (Å²) in [5, 5.41) is 11.9. The molecule has 5 aromatic rings. The monoisotopic (exact) mass is 491 g/mol. The Balaban J connectivity index is 1.40. The second-order valence-electron chi connectivity index (χ2n) is 9.21. The summed E-state index contributed by atoms with van der Waals surface area (Å²) in [5.41, 5.74) is 2.98. The fourth-order valence-corrected chi connectivity index (χ4v) is 5.58. The summed E-state index contributed by atoms with van der Waals surface area (Å²) in [7, 11) is 1.95. The van der Waals surface area contributed by atoms with E-state index in [2.05, 4.69) is 60.2 Å². The van der Waals surface area contributed by atoms with E-state index in [-0.39, 0.29) is 16.2 Å². The summed E-state index contributed by atoms with van der Waals surface area (Å²) in [6.45, 7) is 8.60. The largest absolute Gasteiger partial charge is 0.464 e. The predicted molar refractivity (Wildman–Crippen MR) is 137 cm³/mol. The zero-order chi connectivity index (χ0) is 24.0. The van der Waals surface area contributed by atoms with E-state index in [1.807, 2.05) is 36.1 Å². The number of nitrogens with zero attached hydrogens (tertiary/aromatic N) is 4. The number of benzene rings is 1. The van der Waals surface area contributed by atoms with Gasteiger partial charge in [-0.05, 0) is 30.0 Å². The van der Waals surface area contributed by atoms with E-state index in [0.29, 0.717) is 21.8 Å². The highest BCUT2D eigenvalue weighted by Crippen LogP contribution is 2.36. The first-order chi connectivity index (χ1) is 16.2. The Morgan fingerprint density at radius 2 is 1.91 bits per heavy atom. The van der Waals surface area contributed by atoms with Crippen molar-refractivity contribution in [1.29, 1.82) is 0 Å². The molecule has 7 nitrogen and oxygen atoms in total. The first-order valence-corrected chi connectivity index (χ1v) is 12.7. The molecule has 0 aliphatic heterocycles. The van der Waals surface area contributed by atoms with E-state index in [4.69, 9.17) is 9.40 Å². The second-order valence-corrected chi connectivity index (χ2v) is 11.4. The minimum Gasteiger partial charge on any atom is -0.464 e. The first kappa shape index (κ1) is 22.6. The molecule has 0 aliphatic rings.